The lowest BCUT2D eigenvalue weighted by Gasteiger charge is -2.11. The highest BCUT2D eigenvalue weighted by molar-refractivity contribution is 6.07. The molecule has 2 atom stereocenters. The van der Waals surface area contributed by atoms with Crippen LogP contribution >= 0.6 is 0 Å². The van der Waals surface area contributed by atoms with Gasteiger partial charge in [0.25, 0.3) is 0 Å². The number of aliphatic hydroxyl groups excluding tert-OH is 2. The average molecular weight is 1710 g/mol. The summed E-state index contributed by atoms with van der Waals surface area (Å²) in [4.78, 5) is 37.1. The number of aliphatic hydroxyl groups is 2. The molecule has 0 bridgehead atoms. The summed E-state index contributed by atoms with van der Waals surface area (Å²) < 4.78 is 127. The Morgan fingerprint density at radius 1 is 0.230 bits per heavy atom. The van der Waals surface area contributed by atoms with Gasteiger partial charge >= 0.3 is 0 Å². The number of hydrogen-bond donors (Lipinski definition) is 2. The molecule has 0 aliphatic carbocycles. The van der Waals surface area contributed by atoms with Gasteiger partial charge in [-0.1, -0.05) is 60.7 Å². The molecule has 29 nitrogen and oxygen atoms in total. The molecule has 12 aromatic carbocycles. The number of Topliss-reactive ketones (excluding diaryl/α,β-unsaturated/α-hetero) is 2. The number of rotatable bonds is 18. The third-order valence-electron chi connectivity index (χ3n) is 21.4. The van der Waals surface area contributed by atoms with Gasteiger partial charge in [-0.2, -0.15) is 0 Å². The van der Waals surface area contributed by atoms with Gasteiger partial charge in [-0.15, -0.1) is 0 Å². The molecule has 2 N–H and O–H groups in total. The van der Waals surface area contributed by atoms with Crippen LogP contribution in [0.1, 0.15) is 99.8 Å². The topological polar surface area (TPSA) is 313 Å². The Balaban J connectivity index is 0.0000000988. The SMILES string of the molecule is O=C(/C=C/c1ccc2c(c1)OCO2)c1ccc2c(c1)OCO2.O=C(c1ccc2c(c1)OCO2)C(O)c1ccc2c(c1)OCO2.O=C(c1ccc2c(c1)OCO2)C(O)c1ccc2c(c1)OCO2.c1cc2c(cc1CCCc1ccc3c(c1)OCO3)OCO2.c1cc2c(cc1CCc1ccc3c(c1)OCO3)OCO2.c1cc2c(cc1Cc1ccc3c(c1)OCO3)OCO2. The lowest BCUT2D eigenvalue weighted by atomic mass is 9.99. The van der Waals surface area contributed by atoms with Crippen LogP contribution in [0.2, 0.25) is 0 Å². The van der Waals surface area contributed by atoms with Gasteiger partial charge in [0.1, 0.15) is 12.2 Å². The first-order valence-electron chi connectivity index (χ1n) is 40.2. The normalized spacial score (nSPS) is 15.0. The van der Waals surface area contributed by atoms with Crippen LogP contribution in [0.5, 0.6) is 138 Å². The number of ketones is 3. The third-order valence-corrected chi connectivity index (χ3v) is 21.4. The number of aryl methyl sites for hydroxylation is 4. The van der Waals surface area contributed by atoms with Gasteiger partial charge < -0.3 is 124 Å². The minimum absolute atomic E-state index is 0.101. The standard InChI is InChI=1S/C17H12O5.C17H16O4.2C16H12O6.C16H14O4.C15H12O4/c18-13(12-3-6-15-17(8-12)22-10-20-15)4-1-11-2-5-14-16(7-11)21-9-19-14;1(2-12-4-6-14-16(8-12)20-10-18-14)3-13-5-7-15-17(9-13)21-11-19-15;2*17-15(9-1-3-11-13(5-9)21-7-19-11)16(18)10-2-4-12-14(6-10)22-8-20-12;1(11-3-5-13-15(7-11)19-9-17-13)2-12-4-6-14-16(8-12)20-10-18-14;1-3-12-14(18-8-16-12)6-10(1)5-11-2-4-13-15(7-11)19-9-17-13/h1-8H,9-10H2;4-9H,1-3,10-11H2;2*1-6,15,17H,7-8H2;3-8H,1-2,9-10H2;1-4,6-7H,5,8-9H2/b4-1+;;;;;. The van der Waals surface area contributed by atoms with Crippen LogP contribution < -0.4 is 114 Å². The Kier molecular flexibility index (Phi) is 23.4. The first-order valence-corrected chi connectivity index (χ1v) is 40.2. The highest BCUT2D eigenvalue weighted by Crippen LogP contribution is 2.44. The molecule has 2 unspecified atom stereocenters. The number of ether oxygens (including phenoxy) is 24. The van der Waals surface area contributed by atoms with E-state index in [0.717, 1.165) is 119 Å². The van der Waals surface area contributed by atoms with Crippen LogP contribution in [0.25, 0.3) is 6.08 Å². The predicted molar refractivity (Wildman–Crippen MR) is 445 cm³/mol. The fraction of sp³-hybridized carbons (Fsp3) is 0.206. The van der Waals surface area contributed by atoms with Gasteiger partial charge in [-0.25, -0.2) is 0 Å². The number of fused-ring (bicyclic) bond motifs is 12. The van der Waals surface area contributed by atoms with Crippen molar-refractivity contribution in [2.75, 3.05) is 81.5 Å². The summed E-state index contributed by atoms with van der Waals surface area (Å²) in [6, 6.07) is 66.8. The smallest absolute Gasteiger partial charge is 0.231 e. The van der Waals surface area contributed by atoms with Crippen LogP contribution in [0.4, 0.5) is 0 Å². The second-order valence-electron chi connectivity index (χ2n) is 29.4. The van der Waals surface area contributed by atoms with Crippen molar-refractivity contribution >= 4 is 23.4 Å². The summed E-state index contributed by atoms with van der Waals surface area (Å²) in [5, 5.41) is 20.6. The van der Waals surface area contributed by atoms with Crippen molar-refractivity contribution in [3.05, 3.63) is 291 Å². The Labute approximate surface area is 719 Å². The lowest BCUT2D eigenvalue weighted by Crippen LogP contribution is -2.12. The summed E-state index contributed by atoms with van der Waals surface area (Å²) in [6.07, 6.45) is 6.56. The van der Waals surface area contributed by atoms with Crippen LogP contribution in [-0.2, 0) is 32.1 Å². The van der Waals surface area contributed by atoms with Gasteiger partial charge in [0.15, 0.2) is 155 Å². The molecule has 29 heteroatoms. The number of carbonyl (C=O) groups is 3. The van der Waals surface area contributed by atoms with E-state index in [9.17, 15) is 24.6 Å². The van der Waals surface area contributed by atoms with E-state index in [1.807, 2.05) is 66.7 Å². The molecule has 0 saturated heterocycles. The highest BCUT2D eigenvalue weighted by Gasteiger charge is 2.29. The van der Waals surface area contributed by atoms with Crippen molar-refractivity contribution in [3.8, 4) is 138 Å². The molecule has 12 aliphatic heterocycles. The minimum atomic E-state index is -1.28. The molecule has 0 fully saturated rings. The number of hydrogen-bond acceptors (Lipinski definition) is 29. The average Bonchev–Trinajstić information content (AvgIpc) is 1.50. The molecular formula is C97H78O29. The summed E-state index contributed by atoms with van der Waals surface area (Å²) in [5.74, 6) is 16.2. The number of allylic oxidation sites excluding steroid dienone is 1. The molecule has 126 heavy (non-hydrogen) atoms. The van der Waals surface area contributed by atoms with E-state index in [0.29, 0.717) is 132 Å². The Bertz CT molecular complexity index is 5840. The van der Waals surface area contributed by atoms with Gasteiger partial charge in [0.2, 0.25) is 81.5 Å². The van der Waals surface area contributed by atoms with Crippen LogP contribution in [-0.4, -0.2) is 109 Å². The van der Waals surface area contributed by atoms with Crippen LogP contribution in [0.15, 0.2) is 224 Å². The molecule has 0 saturated carbocycles. The largest absolute Gasteiger partial charge is 0.454 e. The predicted octanol–water partition coefficient (Wildman–Crippen LogP) is 16.1. The van der Waals surface area contributed by atoms with E-state index in [2.05, 4.69) is 60.7 Å². The van der Waals surface area contributed by atoms with Crippen molar-refractivity contribution in [1.29, 1.82) is 0 Å². The molecule has 24 rings (SSSR count). The molecule has 0 spiro atoms. The van der Waals surface area contributed by atoms with E-state index >= 15 is 0 Å². The van der Waals surface area contributed by atoms with Gasteiger partial charge in [-0.05, 0) is 258 Å². The van der Waals surface area contributed by atoms with E-state index in [4.69, 9.17) is 114 Å². The quantitative estimate of drug-likeness (QED) is 0.0595. The van der Waals surface area contributed by atoms with Crippen LogP contribution in [0, 0.1) is 0 Å². The maximum absolute atomic E-state index is 12.4. The summed E-state index contributed by atoms with van der Waals surface area (Å²) in [6.45, 7) is 2.91. The van der Waals surface area contributed by atoms with Gasteiger partial charge in [0, 0.05) is 16.7 Å². The lowest BCUT2D eigenvalue weighted by molar-refractivity contribution is 0.0743. The zero-order valence-corrected chi connectivity index (χ0v) is 67.2. The molecular weight excluding hydrogens is 1630 g/mol. The van der Waals surface area contributed by atoms with Crippen molar-refractivity contribution in [1.82, 2.24) is 0 Å². The van der Waals surface area contributed by atoms with Crippen molar-refractivity contribution in [2.45, 2.75) is 50.7 Å². The Morgan fingerprint density at radius 3 is 0.770 bits per heavy atom. The van der Waals surface area contributed by atoms with Crippen molar-refractivity contribution in [2.24, 2.45) is 0 Å². The number of carbonyl (C=O) groups excluding carboxylic acids is 3. The third kappa shape index (κ3) is 18.5. The molecule has 640 valence electrons. The van der Waals surface area contributed by atoms with E-state index < -0.39 is 23.8 Å². The monoisotopic (exact) mass is 1710 g/mol. The van der Waals surface area contributed by atoms with Crippen LogP contribution in [0.3, 0.4) is 0 Å². The highest BCUT2D eigenvalue weighted by atomic mass is 16.7. The molecule has 0 radical (unpaired) electrons. The summed E-state index contributed by atoms with van der Waals surface area (Å²) >= 11 is 0. The molecule has 12 aromatic rings. The Hall–Kier alpha value is -15.5. The van der Waals surface area contributed by atoms with Gasteiger partial charge in [0.05, 0.1) is 0 Å². The summed E-state index contributed by atoms with van der Waals surface area (Å²) in [7, 11) is 0. The first-order chi connectivity index (χ1) is 61.9. The minimum Gasteiger partial charge on any atom is -0.454 e. The van der Waals surface area contributed by atoms with E-state index in [-0.39, 0.29) is 46.5 Å². The zero-order valence-electron chi connectivity index (χ0n) is 67.2. The molecule has 0 amide bonds. The molecule has 12 aliphatic rings. The van der Waals surface area contributed by atoms with E-state index in [1.165, 1.54) is 39.5 Å². The van der Waals surface area contributed by atoms with Crippen molar-refractivity contribution in [3.63, 3.8) is 0 Å². The zero-order chi connectivity index (χ0) is 85.2. The maximum Gasteiger partial charge on any atom is 0.231 e. The fourth-order valence-corrected chi connectivity index (χ4v) is 14.7. The molecule has 0 aromatic heterocycles. The van der Waals surface area contributed by atoms with Gasteiger partial charge in [-0.3, -0.25) is 14.4 Å². The second-order valence-corrected chi connectivity index (χ2v) is 29.4. The second kappa shape index (κ2) is 36.7. The number of benzene rings is 12. The fourth-order valence-electron chi connectivity index (χ4n) is 14.7. The first kappa shape index (κ1) is 80.2. The Morgan fingerprint density at radius 2 is 0.452 bits per heavy atom. The molecule has 12 heterocycles. The van der Waals surface area contributed by atoms with Crippen molar-refractivity contribution < 1.29 is 138 Å². The van der Waals surface area contributed by atoms with E-state index in [1.54, 1.807) is 97.1 Å². The summed E-state index contributed by atoms with van der Waals surface area (Å²) in [5.41, 5.74) is 10.5. The maximum atomic E-state index is 12.4.